The van der Waals surface area contributed by atoms with Crippen molar-refractivity contribution in [3.8, 4) is 5.75 Å². The van der Waals surface area contributed by atoms with E-state index in [2.05, 4.69) is 16.7 Å². The van der Waals surface area contributed by atoms with Gasteiger partial charge in [-0.3, -0.25) is 9.59 Å². The Kier molecular flexibility index (Phi) is 5.72. The number of amides is 2. The van der Waals surface area contributed by atoms with Crippen LogP contribution in [0.15, 0.2) is 18.2 Å². The van der Waals surface area contributed by atoms with Gasteiger partial charge < -0.3 is 15.4 Å². The number of rotatable bonds is 6. The second kappa shape index (κ2) is 8.18. The number of aryl methyl sites for hydroxylation is 1. The van der Waals surface area contributed by atoms with Crippen LogP contribution in [-0.4, -0.2) is 24.5 Å². The van der Waals surface area contributed by atoms with Crippen molar-refractivity contribution in [2.45, 2.75) is 64.0 Å². The van der Waals surface area contributed by atoms with Crippen molar-refractivity contribution in [2.75, 3.05) is 6.61 Å². The molecule has 0 radical (unpaired) electrons. The lowest BCUT2D eigenvalue weighted by molar-refractivity contribution is -0.126. The first kappa shape index (κ1) is 16.8. The molecule has 1 fully saturated rings. The summed E-state index contributed by atoms with van der Waals surface area (Å²) in [5.74, 6) is 0.869. The summed E-state index contributed by atoms with van der Waals surface area (Å²) in [6, 6.07) is 6.38. The lowest BCUT2D eigenvalue weighted by atomic mass is 10.0. The summed E-state index contributed by atoms with van der Waals surface area (Å²) >= 11 is 0. The molecule has 130 valence electrons. The summed E-state index contributed by atoms with van der Waals surface area (Å²) in [6.07, 6.45) is 7.10. The molecule has 1 aliphatic heterocycles. The van der Waals surface area contributed by atoms with Gasteiger partial charge >= 0.3 is 0 Å². The minimum absolute atomic E-state index is 0.0111. The highest BCUT2D eigenvalue weighted by Gasteiger charge is 2.17. The molecule has 0 unspecified atom stereocenters. The van der Waals surface area contributed by atoms with Crippen LogP contribution >= 0.6 is 0 Å². The maximum absolute atomic E-state index is 11.9. The number of carbonyl (C=O) groups is 2. The van der Waals surface area contributed by atoms with E-state index >= 15 is 0 Å². The van der Waals surface area contributed by atoms with Gasteiger partial charge in [-0.2, -0.15) is 0 Å². The summed E-state index contributed by atoms with van der Waals surface area (Å²) in [7, 11) is 0. The van der Waals surface area contributed by atoms with Crippen molar-refractivity contribution in [1.82, 2.24) is 10.6 Å². The van der Waals surface area contributed by atoms with Crippen LogP contribution in [0.1, 0.15) is 56.1 Å². The van der Waals surface area contributed by atoms with Crippen LogP contribution in [0.2, 0.25) is 0 Å². The predicted octanol–water partition coefficient (Wildman–Crippen LogP) is 2.47. The molecule has 0 saturated heterocycles. The first-order chi connectivity index (χ1) is 11.7. The summed E-state index contributed by atoms with van der Waals surface area (Å²) < 4.78 is 5.59. The van der Waals surface area contributed by atoms with Crippen LogP contribution < -0.4 is 15.4 Å². The van der Waals surface area contributed by atoms with Gasteiger partial charge in [-0.15, -0.1) is 0 Å². The first-order valence-electron chi connectivity index (χ1n) is 9.01. The molecule has 1 aromatic rings. The van der Waals surface area contributed by atoms with Crippen LogP contribution in [-0.2, 0) is 22.6 Å². The van der Waals surface area contributed by atoms with E-state index < -0.39 is 0 Å². The third-order valence-corrected chi connectivity index (χ3v) is 4.76. The zero-order valence-corrected chi connectivity index (χ0v) is 14.1. The highest BCUT2D eigenvalue weighted by molar-refractivity contribution is 5.83. The van der Waals surface area contributed by atoms with Gasteiger partial charge in [0.2, 0.25) is 11.8 Å². The standard InChI is InChI=1S/C19H26N2O3/c22-18(9-10-19(23)21-16-5-1-2-6-16)20-13-14-7-8-17-15(12-14)4-3-11-24-17/h7-8,12,16H,1-6,9-11,13H2,(H,20,22)(H,21,23). The molecule has 0 aromatic heterocycles. The normalized spacial score (nSPS) is 17.0. The molecule has 5 heteroatoms. The summed E-state index contributed by atoms with van der Waals surface area (Å²) in [4.78, 5) is 23.8. The molecule has 2 aliphatic rings. The van der Waals surface area contributed by atoms with Crippen LogP contribution in [0.25, 0.3) is 0 Å². The largest absolute Gasteiger partial charge is 0.493 e. The molecule has 1 saturated carbocycles. The third-order valence-electron chi connectivity index (χ3n) is 4.76. The fourth-order valence-corrected chi connectivity index (χ4v) is 3.41. The molecule has 1 heterocycles. The van der Waals surface area contributed by atoms with Crippen LogP contribution in [0.5, 0.6) is 5.75 Å². The Morgan fingerprint density at radius 2 is 1.88 bits per heavy atom. The molecule has 2 amide bonds. The second-order valence-electron chi connectivity index (χ2n) is 6.72. The number of ether oxygens (including phenoxy) is 1. The van der Waals surface area contributed by atoms with Crippen LogP contribution in [0.3, 0.4) is 0 Å². The highest BCUT2D eigenvalue weighted by Crippen LogP contribution is 2.25. The van der Waals surface area contributed by atoms with E-state index in [0.717, 1.165) is 43.6 Å². The van der Waals surface area contributed by atoms with Gasteiger partial charge in [-0.05, 0) is 42.9 Å². The molecule has 1 aliphatic carbocycles. The van der Waals surface area contributed by atoms with E-state index in [4.69, 9.17) is 4.74 Å². The van der Waals surface area contributed by atoms with E-state index in [1.165, 1.54) is 18.4 Å². The fraction of sp³-hybridized carbons (Fsp3) is 0.579. The minimum Gasteiger partial charge on any atom is -0.493 e. The second-order valence-corrected chi connectivity index (χ2v) is 6.72. The lowest BCUT2D eigenvalue weighted by Gasteiger charge is -2.18. The zero-order valence-electron chi connectivity index (χ0n) is 14.1. The van der Waals surface area contributed by atoms with Gasteiger partial charge in [-0.1, -0.05) is 25.0 Å². The van der Waals surface area contributed by atoms with Crippen molar-refractivity contribution >= 4 is 11.8 Å². The van der Waals surface area contributed by atoms with E-state index in [-0.39, 0.29) is 24.7 Å². The van der Waals surface area contributed by atoms with Gasteiger partial charge in [0.25, 0.3) is 0 Å². The molecule has 2 N–H and O–H groups in total. The molecule has 1 aromatic carbocycles. The Morgan fingerprint density at radius 1 is 1.08 bits per heavy atom. The highest BCUT2D eigenvalue weighted by atomic mass is 16.5. The number of benzene rings is 1. The van der Waals surface area contributed by atoms with Gasteiger partial charge in [0, 0.05) is 25.4 Å². The summed E-state index contributed by atoms with van der Waals surface area (Å²) in [5.41, 5.74) is 2.28. The third kappa shape index (κ3) is 4.73. The number of nitrogens with one attached hydrogen (secondary N) is 2. The van der Waals surface area contributed by atoms with Crippen molar-refractivity contribution in [1.29, 1.82) is 0 Å². The SMILES string of the molecule is O=C(CCC(=O)NC1CCCC1)NCc1ccc2c(c1)CCCO2. The average Bonchev–Trinajstić information content (AvgIpc) is 3.11. The number of carbonyl (C=O) groups excluding carboxylic acids is 2. The minimum atomic E-state index is -0.0782. The van der Waals surface area contributed by atoms with E-state index in [1.807, 2.05) is 12.1 Å². The molecule has 5 nitrogen and oxygen atoms in total. The van der Waals surface area contributed by atoms with Gasteiger partial charge in [-0.25, -0.2) is 0 Å². The fourth-order valence-electron chi connectivity index (χ4n) is 3.41. The maximum atomic E-state index is 11.9. The predicted molar refractivity (Wildman–Crippen MR) is 91.7 cm³/mol. The number of fused-ring (bicyclic) bond motifs is 1. The Balaban J connectivity index is 1.38. The van der Waals surface area contributed by atoms with Crippen LogP contribution in [0.4, 0.5) is 0 Å². The average molecular weight is 330 g/mol. The van der Waals surface area contributed by atoms with Crippen LogP contribution in [0, 0.1) is 0 Å². The molecule has 3 rings (SSSR count). The molecule has 0 bridgehead atoms. The number of hydrogen-bond acceptors (Lipinski definition) is 3. The molecule has 0 spiro atoms. The van der Waals surface area contributed by atoms with Gasteiger partial charge in [0.15, 0.2) is 0 Å². The lowest BCUT2D eigenvalue weighted by Crippen LogP contribution is -2.33. The molecular formula is C19H26N2O3. The quantitative estimate of drug-likeness (QED) is 0.842. The molecule has 0 atom stereocenters. The monoisotopic (exact) mass is 330 g/mol. The topological polar surface area (TPSA) is 67.4 Å². The first-order valence-corrected chi connectivity index (χ1v) is 9.01. The van der Waals surface area contributed by atoms with Crippen molar-refractivity contribution in [3.63, 3.8) is 0 Å². The maximum Gasteiger partial charge on any atom is 0.220 e. The molecular weight excluding hydrogens is 304 g/mol. The van der Waals surface area contributed by atoms with E-state index in [9.17, 15) is 9.59 Å². The Hall–Kier alpha value is -2.04. The zero-order chi connectivity index (χ0) is 16.8. The smallest absolute Gasteiger partial charge is 0.220 e. The molecule has 24 heavy (non-hydrogen) atoms. The summed E-state index contributed by atoms with van der Waals surface area (Å²) in [5, 5.41) is 5.90. The Labute approximate surface area is 143 Å². The van der Waals surface area contributed by atoms with Crippen molar-refractivity contribution in [3.05, 3.63) is 29.3 Å². The Morgan fingerprint density at radius 3 is 2.71 bits per heavy atom. The Bertz CT molecular complexity index is 594. The van der Waals surface area contributed by atoms with E-state index in [1.54, 1.807) is 0 Å². The van der Waals surface area contributed by atoms with Gasteiger partial charge in [0.05, 0.1) is 6.61 Å². The van der Waals surface area contributed by atoms with Crippen molar-refractivity contribution in [2.24, 2.45) is 0 Å². The summed E-state index contributed by atoms with van der Waals surface area (Å²) in [6.45, 7) is 1.28. The van der Waals surface area contributed by atoms with Gasteiger partial charge in [0.1, 0.15) is 5.75 Å². The number of hydrogen-bond donors (Lipinski definition) is 2. The van der Waals surface area contributed by atoms with Crippen molar-refractivity contribution < 1.29 is 14.3 Å². The van der Waals surface area contributed by atoms with E-state index in [0.29, 0.717) is 12.6 Å².